The minimum absolute atomic E-state index is 0.266. The van der Waals surface area contributed by atoms with Crippen LogP contribution in [0.25, 0.3) is 10.1 Å². The van der Waals surface area contributed by atoms with Crippen LogP contribution >= 0.6 is 11.5 Å². The molecule has 0 aliphatic carbocycles. The fourth-order valence-electron chi connectivity index (χ4n) is 2.18. The molecule has 0 aliphatic rings. The van der Waals surface area contributed by atoms with Crippen molar-refractivity contribution in [2.75, 3.05) is 0 Å². The van der Waals surface area contributed by atoms with E-state index in [2.05, 4.69) is 5.32 Å². The van der Waals surface area contributed by atoms with Gasteiger partial charge in [0.25, 0.3) is 5.56 Å². The molecule has 0 bridgehead atoms. The molecule has 0 fully saturated rings. The fourth-order valence-corrected chi connectivity index (χ4v) is 3.10. The van der Waals surface area contributed by atoms with Gasteiger partial charge in [-0.15, -0.1) is 0 Å². The smallest absolute Gasteiger partial charge is 0.333 e. The zero-order chi connectivity index (χ0) is 14.8. The van der Waals surface area contributed by atoms with Crippen LogP contribution in [0, 0.1) is 6.92 Å². The Bertz CT molecular complexity index is 864. The van der Waals surface area contributed by atoms with Gasteiger partial charge in [-0.05, 0) is 36.2 Å². The molecule has 0 unspecified atom stereocenters. The van der Waals surface area contributed by atoms with Crippen molar-refractivity contribution in [3.63, 3.8) is 0 Å². The van der Waals surface area contributed by atoms with E-state index in [0.29, 0.717) is 11.9 Å². The molecule has 21 heavy (non-hydrogen) atoms. The maximum Gasteiger partial charge on any atom is 0.338 e. The van der Waals surface area contributed by atoms with E-state index in [1.807, 2.05) is 43.3 Å². The number of nitrogens with one attached hydrogen (secondary N) is 1. The molecule has 1 amide bonds. The van der Waals surface area contributed by atoms with Crippen molar-refractivity contribution in [1.29, 1.82) is 0 Å². The largest absolute Gasteiger partial charge is 0.338 e. The zero-order valence-electron chi connectivity index (χ0n) is 11.5. The van der Waals surface area contributed by atoms with Crippen LogP contribution in [0.15, 0.2) is 53.3 Å². The molecule has 1 aromatic heterocycles. The van der Waals surface area contributed by atoms with Crippen molar-refractivity contribution >= 4 is 27.6 Å². The number of hydrogen-bond acceptors (Lipinski definition) is 3. The molecule has 0 saturated carbocycles. The fraction of sp³-hybridized carbons (Fsp3) is 0.125. The van der Waals surface area contributed by atoms with Gasteiger partial charge in [0.05, 0.1) is 10.1 Å². The second-order valence-electron chi connectivity index (χ2n) is 4.83. The maximum atomic E-state index is 12.2. The molecule has 4 nitrogen and oxygen atoms in total. The highest BCUT2D eigenvalue weighted by molar-refractivity contribution is 7.14. The number of carbonyl (C=O) groups excluding carboxylic acids is 1. The summed E-state index contributed by atoms with van der Waals surface area (Å²) in [6.07, 6.45) is 0. The topological polar surface area (TPSA) is 51.1 Å². The molecule has 1 heterocycles. The quantitative estimate of drug-likeness (QED) is 0.790. The Balaban J connectivity index is 1.81. The Labute approximate surface area is 125 Å². The maximum absolute atomic E-state index is 12.2. The molecule has 0 spiro atoms. The monoisotopic (exact) mass is 298 g/mol. The number of amides is 1. The highest BCUT2D eigenvalue weighted by Gasteiger charge is 2.12. The lowest BCUT2D eigenvalue weighted by Gasteiger charge is -2.05. The standard InChI is InChI=1S/C16H14N2O2S/c1-11-5-4-6-12(9-11)10-17-16(20)18-15(19)13-7-2-3-8-14(13)21-18/h2-9H,10H2,1H3,(H,17,20). The molecule has 5 heteroatoms. The second kappa shape index (κ2) is 5.54. The lowest BCUT2D eigenvalue weighted by molar-refractivity contribution is 0.243. The number of aryl methyl sites for hydroxylation is 1. The van der Waals surface area contributed by atoms with Gasteiger partial charge in [0.15, 0.2) is 0 Å². The lowest BCUT2D eigenvalue weighted by atomic mass is 10.1. The number of fused-ring (bicyclic) bond motifs is 1. The molecule has 2 aromatic carbocycles. The third-order valence-electron chi connectivity index (χ3n) is 3.20. The molecule has 0 radical (unpaired) electrons. The van der Waals surface area contributed by atoms with Crippen molar-refractivity contribution in [2.24, 2.45) is 0 Å². The van der Waals surface area contributed by atoms with Crippen molar-refractivity contribution in [1.82, 2.24) is 9.27 Å². The molecule has 3 aromatic rings. The van der Waals surface area contributed by atoms with Gasteiger partial charge < -0.3 is 5.32 Å². The molecular weight excluding hydrogens is 284 g/mol. The SMILES string of the molecule is Cc1cccc(CNC(=O)n2sc3ccccc3c2=O)c1. The van der Waals surface area contributed by atoms with Crippen LogP contribution < -0.4 is 10.9 Å². The van der Waals surface area contributed by atoms with Gasteiger partial charge in [-0.3, -0.25) is 4.79 Å². The van der Waals surface area contributed by atoms with Crippen molar-refractivity contribution < 1.29 is 4.79 Å². The molecule has 0 saturated heterocycles. The van der Waals surface area contributed by atoms with E-state index < -0.39 is 0 Å². The molecule has 3 rings (SSSR count). The molecule has 106 valence electrons. The van der Waals surface area contributed by atoms with Gasteiger partial charge in [-0.25, -0.2) is 4.79 Å². The summed E-state index contributed by atoms with van der Waals surface area (Å²) in [5.74, 6) is 0. The average Bonchev–Trinajstić information content (AvgIpc) is 2.83. The van der Waals surface area contributed by atoms with Crippen molar-refractivity contribution in [3.8, 4) is 0 Å². The summed E-state index contributed by atoms with van der Waals surface area (Å²) >= 11 is 1.16. The summed E-state index contributed by atoms with van der Waals surface area (Å²) < 4.78 is 1.98. The highest BCUT2D eigenvalue weighted by atomic mass is 32.1. The predicted octanol–water partition coefficient (Wildman–Crippen LogP) is 3.13. The molecule has 0 atom stereocenters. The molecular formula is C16H14N2O2S. The summed E-state index contributed by atoms with van der Waals surface area (Å²) in [7, 11) is 0. The second-order valence-corrected chi connectivity index (χ2v) is 5.82. The summed E-state index contributed by atoms with van der Waals surface area (Å²) in [4.78, 5) is 24.3. The number of rotatable bonds is 2. The van der Waals surface area contributed by atoms with Crippen molar-refractivity contribution in [2.45, 2.75) is 13.5 Å². The van der Waals surface area contributed by atoms with Crippen LogP contribution in [0.2, 0.25) is 0 Å². The van der Waals surface area contributed by atoms with E-state index in [0.717, 1.165) is 27.4 Å². The Hall–Kier alpha value is -2.40. The van der Waals surface area contributed by atoms with Crippen LogP contribution in [-0.2, 0) is 6.54 Å². The molecule has 1 N–H and O–H groups in total. The van der Waals surface area contributed by atoms with Crippen LogP contribution in [0.4, 0.5) is 4.79 Å². The number of nitrogens with zero attached hydrogens (tertiary/aromatic N) is 1. The number of aromatic nitrogens is 1. The van der Waals surface area contributed by atoms with Gasteiger partial charge in [0.1, 0.15) is 0 Å². The number of hydrogen-bond donors (Lipinski definition) is 1. The summed E-state index contributed by atoms with van der Waals surface area (Å²) in [5.41, 5.74) is 1.88. The predicted molar refractivity (Wildman–Crippen MR) is 84.9 cm³/mol. The van der Waals surface area contributed by atoms with Crippen LogP contribution in [0.1, 0.15) is 11.1 Å². The first kappa shape index (κ1) is 13.6. The van der Waals surface area contributed by atoms with Gasteiger partial charge in [0.2, 0.25) is 0 Å². The third kappa shape index (κ3) is 2.73. The van der Waals surface area contributed by atoms with Crippen LogP contribution in [0.3, 0.4) is 0 Å². The lowest BCUT2D eigenvalue weighted by Crippen LogP contribution is -2.32. The number of carbonyl (C=O) groups is 1. The first-order chi connectivity index (χ1) is 10.1. The summed E-state index contributed by atoms with van der Waals surface area (Å²) in [6.45, 7) is 2.41. The first-order valence-electron chi connectivity index (χ1n) is 6.60. The van der Waals surface area contributed by atoms with Crippen molar-refractivity contribution in [3.05, 3.63) is 70.0 Å². The Morgan fingerprint density at radius 2 is 2.00 bits per heavy atom. The van der Waals surface area contributed by atoms with E-state index >= 15 is 0 Å². The van der Waals surface area contributed by atoms with E-state index in [9.17, 15) is 9.59 Å². The Kier molecular flexibility index (Phi) is 3.58. The summed E-state index contributed by atoms with van der Waals surface area (Å²) in [5, 5.41) is 3.36. The van der Waals surface area contributed by atoms with Crippen LogP contribution in [-0.4, -0.2) is 9.99 Å². The Morgan fingerprint density at radius 3 is 2.76 bits per heavy atom. The molecule has 0 aliphatic heterocycles. The van der Waals surface area contributed by atoms with Crippen LogP contribution in [0.5, 0.6) is 0 Å². The Morgan fingerprint density at radius 1 is 1.19 bits per heavy atom. The van der Waals surface area contributed by atoms with Gasteiger partial charge >= 0.3 is 6.03 Å². The summed E-state index contributed by atoms with van der Waals surface area (Å²) in [6, 6.07) is 14.7. The number of benzene rings is 2. The van der Waals surface area contributed by atoms with E-state index in [4.69, 9.17) is 0 Å². The normalized spacial score (nSPS) is 10.7. The van der Waals surface area contributed by atoms with E-state index in [1.54, 1.807) is 12.1 Å². The van der Waals surface area contributed by atoms with Gasteiger partial charge in [0, 0.05) is 6.54 Å². The van der Waals surface area contributed by atoms with Gasteiger partial charge in [-0.2, -0.15) is 3.96 Å². The third-order valence-corrected chi connectivity index (χ3v) is 4.27. The highest BCUT2D eigenvalue weighted by Crippen LogP contribution is 2.15. The minimum Gasteiger partial charge on any atom is -0.333 e. The minimum atomic E-state index is -0.386. The van der Waals surface area contributed by atoms with E-state index in [1.165, 1.54) is 3.96 Å². The average molecular weight is 298 g/mol. The van der Waals surface area contributed by atoms with E-state index in [-0.39, 0.29) is 11.6 Å². The first-order valence-corrected chi connectivity index (χ1v) is 7.37. The van der Waals surface area contributed by atoms with Gasteiger partial charge in [-0.1, -0.05) is 42.0 Å². The zero-order valence-corrected chi connectivity index (χ0v) is 12.3.